The van der Waals surface area contributed by atoms with Crippen LogP contribution >= 0.6 is 0 Å². The zero-order valence-electron chi connectivity index (χ0n) is 65.6. The molecule has 3 atom stereocenters. The van der Waals surface area contributed by atoms with Crippen LogP contribution in [0.15, 0.2) is 0 Å². The molecule has 4 rings (SSSR count). The van der Waals surface area contributed by atoms with Crippen LogP contribution in [0.4, 0.5) is 0 Å². The molecule has 3 unspecified atom stereocenters. The molecule has 4 fully saturated rings. The van der Waals surface area contributed by atoms with Crippen LogP contribution in [-0.2, 0) is 14.2 Å². The van der Waals surface area contributed by atoms with Gasteiger partial charge in [-0.15, -0.1) is 0 Å². The topological polar surface area (TPSA) is 127 Å². The van der Waals surface area contributed by atoms with E-state index >= 15 is 0 Å². The molecule has 0 aliphatic carbocycles. The largest absolute Gasteiger partial charge is 0.389 e. The summed E-state index contributed by atoms with van der Waals surface area (Å²) < 4.78 is 17.2. The van der Waals surface area contributed by atoms with Crippen molar-refractivity contribution in [3.63, 3.8) is 0 Å². The van der Waals surface area contributed by atoms with Crippen molar-refractivity contribution in [2.24, 2.45) is 0 Å². The molecule has 0 spiro atoms. The predicted molar refractivity (Wildman–Crippen MR) is 411 cm³/mol. The lowest BCUT2D eigenvalue weighted by Crippen LogP contribution is -2.52. The van der Waals surface area contributed by atoms with E-state index in [4.69, 9.17) is 14.2 Å². The lowest BCUT2D eigenvalue weighted by Gasteiger charge is -2.38. The fourth-order valence-electron chi connectivity index (χ4n) is 13.4. The highest BCUT2D eigenvalue weighted by Crippen LogP contribution is 2.15. The van der Waals surface area contributed by atoms with Crippen molar-refractivity contribution >= 4 is 0 Å². The van der Waals surface area contributed by atoms with E-state index in [0.29, 0.717) is 26.4 Å². The smallest absolute Gasteiger partial charge is 0.0900 e. The number of hydrogen-bond donors (Lipinski definition) is 3. The average Bonchev–Trinajstić information content (AvgIpc) is 1.45. The van der Waals surface area contributed by atoms with E-state index in [2.05, 4.69) is 129 Å². The Balaban J connectivity index is 0.000000490. The van der Waals surface area contributed by atoms with Crippen LogP contribution < -0.4 is 0 Å². The minimum absolute atomic E-state index is 0.352. The zero-order valence-corrected chi connectivity index (χ0v) is 65.6. The summed E-state index contributed by atoms with van der Waals surface area (Å²) in [7, 11) is 15.1. The summed E-state index contributed by atoms with van der Waals surface area (Å²) in [4.78, 5) is 29.2. The molecule has 18 heteroatoms. The van der Waals surface area contributed by atoms with Gasteiger partial charge in [-0.25, -0.2) is 0 Å². The highest BCUT2D eigenvalue weighted by Gasteiger charge is 2.23. The molecular formula is C78H166N12O6. The van der Waals surface area contributed by atoms with Crippen LogP contribution in [-0.4, -0.2) is 371 Å². The third-order valence-corrected chi connectivity index (χ3v) is 20.4. The van der Waals surface area contributed by atoms with Gasteiger partial charge in [-0.05, 0) is 68.6 Å². The van der Waals surface area contributed by atoms with Crippen LogP contribution in [0.3, 0.4) is 0 Å². The second-order valence-corrected chi connectivity index (χ2v) is 30.5. The number of ether oxygens (including phenoxy) is 3. The zero-order chi connectivity index (χ0) is 69.7. The van der Waals surface area contributed by atoms with Crippen LogP contribution in [0.1, 0.15) is 213 Å². The molecule has 0 aromatic carbocycles. The summed E-state index contributed by atoms with van der Waals surface area (Å²) in [5.41, 5.74) is 0. The van der Waals surface area contributed by atoms with Gasteiger partial charge in [0.15, 0.2) is 0 Å². The van der Waals surface area contributed by atoms with Crippen molar-refractivity contribution in [2.45, 2.75) is 232 Å². The van der Waals surface area contributed by atoms with Crippen molar-refractivity contribution < 1.29 is 29.5 Å². The summed E-state index contributed by atoms with van der Waals surface area (Å²) in [5.74, 6) is 0. The van der Waals surface area contributed by atoms with Gasteiger partial charge in [-0.3, -0.25) is 34.3 Å². The first-order valence-electron chi connectivity index (χ1n) is 40.9. The van der Waals surface area contributed by atoms with Crippen LogP contribution in [0, 0.1) is 0 Å². The van der Waals surface area contributed by atoms with E-state index in [0.717, 1.165) is 163 Å². The quantitative estimate of drug-likeness (QED) is 0.0500. The molecule has 0 bridgehead atoms. The van der Waals surface area contributed by atoms with Crippen molar-refractivity contribution in [3.8, 4) is 0 Å². The standard InChI is InChI=1S/C26H54N4O2.2C26H56N4O2/c1-3-4-5-6-7-8-9-10-11-12-23-32-25-26(31)24-30-21-19-29(20-22-30)18-17-28-15-13-27(2)14-16-28;1-5-6-7-8-9-10-11-12-13-14-23-32-25-26(31)24-28(4)16-18-30-21-19-29(20-22-30)17-15-27(2)3;1-5-6-7-8-9-10-11-12-13-14-23-32-25-26(31)24-30-21-19-29(20-22-30)18-17-28(4)16-15-27(2)3/h26,31H,3-25H2,1-2H3;2*26,31H,5-25H2,1-4H3. The first-order valence-corrected chi connectivity index (χ1v) is 40.9. The van der Waals surface area contributed by atoms with Gasteiger partial charge in [-0.1, -0.05) is 194 Å². The highest BCUT2D eigenvalue weighted by molar-refractivity contribution is 4.79. The number of hydrogen-bond acceptors (Lipinski definition) is 18. The molecule has 4 heterocycles. The number of β-amino-alcohol motifs (C(OH)–C–C–N with tert-alkyl or cyclic N) is 2. The van der Waals surface area contributed by atoms with Crippen LogP contribution in [0.25, 0.3) is 0 Å². The van der Waals surface area contributed by atoms with Gasteiger partial charge in [0.1, 0.15) is 0 Å². The Morgan fingerprint density at radius 2 is 0.542 bits per heavy atom. The predicted octanol–water partition coefficient (Wildman–Crippen LogP) is 9.94. The maximum absolute atomic E-state index is 10.3. The number of piperazine rings is 4. The van der Waals surface area contributed by atoms with Gasteiger partial charge in [0.05, 0.1) is 38.1 Å². The van der Waals surface area contributed by atoms with Gasteiger partial charge in [0.25, 0.3) is 0 Å². The molecule has 18 nitrogen and oxygen atoms in total. The fraction of sp³-hybridized carbons (Fsp3) is 1.00. The molecule has 96 heavy (non-hydrogen) atoms. The molecule has 574 valence electrons. The molecule has 3 N–H and O–H groups in total. The summed E-state index contributed by atoms with van der Waals surface area (Å²) in [5, 5.41) is 30.9. The molecule has 0 aromatic heterocycles. The molecule has 0 radical (unpaired) electrons. The lowest BCUT2D eigenvalue weighted by atomic mass is 10.1. The number of aliphatic hydroxyl groups is 3. The normalized spacial score (nSPS) is 18.2. The first kappa shape index (κ1) is 91.4. The number of likely N-dealkylation sites (N-methyl/N-ethyl adjacent to an activating group) is 5. The van der Waals surface area contributed by atoms with E-state index in [9.17, 15) is 15.3 Å². The third kappa shape index (κ3) is 56.8. The summed E-state index contributed by atoms with van der Waals surface area (Å²) >= 11 is 0. The monoisotopic (exact) mass is 1370 g/mol. The van der Waals surface area contributed by atoms with Crippen molar-refractivity contribution in [3.05, 3.63) is 0 Å². The minimum atomic E-state index is -0.383. The lowest BCUT2D eigenvalue weighted by molar-refractivity contribution is 0.00530. The Labute approximate surface area is 596 Å². The van der Waals surface area contributed by atoms with Crippen molar-refractivity contribution in [1.29, 1.82) is 0 Å². The number of nitrogens with zero attached hydrogens (tertiary/aromatic N) is 12. The Hall–Kier alpha value is -0.720. The highest BCUT2D eigenvalue weighted by atomic mass is 16.5. The van der Waals surface area contributed by atoms with E-state index in [1.165, 1.54) is 232 Å². The van der Waals surface area contributed by atoms with Gasteiger partial charge < -0.3 is 54.0 Å². The van der Waals surface area contributed by atoms with Crippen LogP contribution in [0.5, 0.6) is 0 Å². The van der Waals surface area contributed by atoms with Gasteiger partial charge in [0.2, 0.25) is 0 Å². The third-order valence-electron chi connectivity index (χ3n) is 20.4. The molecule has 4 aliphatic rings. The minimum Gasteiger partial charge on any atom is -0.389 e. The van der Waals surface area contributed by atoms with E-state index in [-0.39, 0.29) is 18.3 Å². The molecular weight excluding hydrogens is 1200 g/mol. The Kier molecular flexibility index (Phi) is 61.9. The van der Waals surface area contributed by atoms with Gasteiger partial charge in [0, 0.05) is 210 Å². The van der Waals surface area contributed by atoms with E-state index < -0.39 is 0 Å². The molecule has 0 aromatic rings. The Morgan fingerprint density at radius 3 is 0.865 bits per heavy atom. The van der Waals surface area contributed by atoms with E-state index in [1.807, 2.05) is 0 Å². The van der Waals surface area contributed by atoms with Gasteiger partial charge >= 0.3 is 0 Å². The summed E-state index contributed by atoms with van der Waals surface area (Å²) in [6, 6.07) is 0. The number of unbranched alkanes of at least 4 members (excludes halogenated alkanes) is 27. The van der Waals surface area contributed by atoms with Gasteiger partial charge in [-0.2, -0.15) is 0 Å². The molecule has 4 saturated heterocycles. The van der Waals surface area contributed by atoms with Crippen molar-refractivity contribution in [1.82, 2.24) is 58.8 Å². The summed E-state index contributed by atoms with van der Waals surface area (Å²) in [6.07, 6.45) is 39.3. The molecule has 0 saturated carbocycles. The fourth-order valence-corrected chi connectivity index (χ4v) is 13.4. The Bertz CT molecular complexity index is 1590. The second-order valence-electron chi connectivity index (χ2n) is 30.5. The maximum atomic E-state index is 10.3. The first-order chi connectivity index (χ1) is 46.7. The van der Waals surface area contributed by atoms with E-state index in [1.54, 1.807) is 0 Å². The average molecular weight is 1370 g/mol. The molecule has 0 amide bonds. The van der Waals surface area contributed by atoms with Crippen LogP contribution in [0.2, 0.25) is 0 Å². The SMILES string of the molecule is CCCCCCCCCCCCOCC(O)CN(C)CCN1CCN(CCN(C)C)CC1.CCCCCCCCCCCCOCC(O)CN1CCN(CCN(C)CCN(C)C)CC1.CCCCCCCCCCCCOCC(O)CN1CCN(CCN2CCN(C)CC2)CC1. The second kappa shape index (κ2) is 65.1. The maximum Gasteiger partial charge on any atom is 0.0900 e. The molecule has 4 aliphatic heterocycles. The number of rotatable bonds is 60. The number of aliphatic hydroxyl groups excluding tert-OH is 3. The summed E-state index contributed by atoms with van der Waals surface area (Å²) in [6.45, 7) is 42.3. The van der Waals surface area contributed by atoms with Crippen molar-refractivity contribution in [2.75, 3.05) is 279 Å². The Morgan fingerprint density at radius 1 is 0.281 bits per heavy atom.